The lowest BCUT2D eigenvalue weighted by atomic mass is 10.3. The maximum absolute atomic E-state index is 10.5. The van der Waals surface area contributed by atoms with Crippen molar-refractivity contribution in [2.45, 2.75) is 6.42 Å². The van der Waals surface area contributed by atoms with Gasteiger partial charge in [-0.3, -0.25) is 4.79 Å². The first kappa shape index (κ1) is 12.8. The summed E-state index contributed by atoms with van der Waals surface area (Å²) in [7, 11) is 1.57. The van der Waals surface area contributed by atoms with Gasteiger partial charge in [0.25, 0.3) is 0 Å². The third-order valence-corrected chi connectivity index (χ3v) is 2.27. The zero-order valence-corrected chi connectivity index (χ0v) is 10.2. The number of carbonyl (C=O) groups is 1. The van der Waals surface area contributed by atoms with Crippen molar-refractivity contribution in [1.29, 1.82) is 0 Å². The zero-order valence-electron chi connectivity index (χ0n) is 10.2. The minimum atomic E-state index is -0.971. The molecule has 0 bridgehead atoms. The molecule has 0 fully saturated rings. The number of aliphatic carboxylic acids is 1. The van der Waals surface area contributed by atoms with Crippen LogP contribution in [0.2, 0.25) is 0 Å². The molecule has 0 saturated heterocycles. The van der Waals surface area contributed by atoms with Crippen molar-refractivity contribution in [3.63, 3.8) is 0 Å². The van der Waals surface area contributed by atoms with Gasteiger partial charge in [-0.15, -0.1) is 0 Å². The van der Waals surface area contributed by atoms with E-state index in [1.165, 1.54) is 12.4 Å². The zero-order chi connectivity index (χ0) is 13.7. The summed E-state index contributed by atoms with van der Waals surface area (Å²) in [6.45, 7) is 0. The second-order valence-electron chi connectivity index (χ2n) is 3.69. The Morgan fingerprint density at radius 1 is 1.21 bits per heavy atom. The number of nitrogens with zero attached hydrogens (tertiary/aromatic N) is 2. The second-order valence-corrected chi connectivity index (χ2v) is 3.69. The van der Waals surface area contributed by atoms with Crippen LogP contribution in [0.5, 0.6) is 17.2 Å². The van der Waals surface area contributed by atoms with Crippen molar-refractivity contribution in [2.75, 3.05) is 7.11 Å². The molecule has 0 aliphatic carbocycles. The van der Waals surface area contributed by atoms with Crippen LogP contribution in [0.3, 0.4) is 0 Å². The van der Waals surface area contributed by atoms with Gasteiger partial charge >= 0.3 is 5.97 Å². The molecule has 0 amide bonds. The molecule has 0 spiro atoms. The highest BCUT2D eigenvalue weighted by Gasteiger charge is 2.05. The molecule has 1 aromatic carbocycles. The Kier molecular flexibility index (Phi) is 3.92. The highest BCUT2D eigenvalue weighted by molar-refractivity contribution is 5.68. The van der Waals surface area contributed by atoms with Crippen molar-refractivity contribution in [3.05, 3.63) is 42.5 Å². The van der Waals surface area contributed by atoms with Gasteiger partial charge < -0.3 is 14.6 Å². The van der Waals surface area contributed by atoms with E-state index in [9.17, 15) is 4.79 Å². The summed E-state index contributed by atoms with van der Waals surface area (Å²) in [5.41, 5.74) is 0. The summed E-state index contributed by atoms with van der Waals surface area (Å²) >= 11 is 0. The van der Waals surface area contributed by atoms with E-state index in [1.807, 2.05) is 0 Å². The van der Waals surface area contributed by atoms with Crippen LogP contribution in [0.1, 0.15) is 5.82 Å². The molecule has 19 heavy (non-hydrogen) atoms. The largest absolute Gasteiger partial charge is 0.497 e. The van der Waals surface area contributed by atoms with Crippen LogP contribution in [-0.2, 0) is 11.2 Å². The second kappa shape index (κ2) is 5.81. The predicted molar refractivity (Wildman–Crippen MR) is 66.4 cm³/mol. The molecule has 0 saturated carbocycles. The lowest BCUT2D eigenvalue weighted by molar-refractivity contribution is -0.136. The van der Waals surface area contributed by atoms with E-state index in [-0.39, 0.29) is 12.2 Å². The van der Waals surface area contributed by atoms with Crippen molar-refractivity contribution in [3.8, 4) is 17.2 Å². The Bertz CT molecular complexity index is 569. The molecule has 2 aromatic rings. The fourth-order valence-electron chi connectivity index (χ4n) is 1.42. The summed E-state index contributed by atoms with van der Waals surface area (Å²) in [5, 5.41) is 8.60. The van der Waals surface area contributed by atoms with E-state index < -0.39 is 5.97 Å². The smallest absolute Gasteiger partial charge is 0.311 e. The van der Waals surface area contributed by atoms with Gasteiger partial charge in [0.1, 0.15) is 23.7 Å². The molecule has 6 heteroatoms. The minimum absolute atomic E-state index is 0.209. The van der Waals surface area contributed by atoms with Crippen LogP contribution in [0.15, 0.2) is 36.7 Å². The first-order valence-electron chi connectivity index (χ1n) is 5.52. The highest BCUT2D eigenvalue weighted by atomic mass is 16.5. The maximum Gasteiger partial charge on any atom is 0.311 e. The van der Waals surface area contributed by atoms with Gasteiger partial charge in [0.15, 0.2) is 5.75 Å². The normalized spacial score (nSPS) is 9.95. The molecule has 2 rings (SSSR count). The summed E-state index contributed by atoms with van der Waals surface area (Å²) in [4.78, 5) is 18.3. The lowest BCUT2D eigenvalue weighted by Gasteiger charge is -2.06. The first-order chi connectivity index (χ1) is 9.17. The summed E-state index contributed by atoms with van der Waals surface area (Å²) in [5.74, 6) is 0.976. The number of ether oxygens (including phenoxy) is 2. The molecule has 0 unspecified atom stereocenters. The fraction of sp³-hybridized carbons (Fsp3) is 0.154. The van der Waals surface area contributed by atoms with Gasteiger partial charge in [-0.25, -0.2) is 9.97 Å². The van der Waals surface area contributed by atoms with E-state index >= 15 is 0 Å². The first-order valence-corrected chi connectivity index (χ1v) is 5.52. The highest BCUT2D eigenvalue weighted by Crippen LogP contribution is 2.23. The van der Waals surface area contributed by atoms with Gasteiger partial charge in [-0.1, -0.05) is 6.07 Å². The number of benzene rings is 1. The number of hydrogen-bond donors (Lipinski definition) is 1. The van der Waals surface area contributed by atoms with Crippen LogP contribution >= 0.6 is 0 Å². The number of carboxylic acid groups (broad SMARTS) is 1. The Labute approximate surface area is 109 Å². The average molecular weight is 260 g/mol. The van der Waals surface area contributed by atoms with Crippen LogP contribution in [0.4, 0.5) is 0 Å². The van der Waals surface area contributed by atoms with E-state index in [4.69, 9.17) is 14.6 Å². The molecule has 0 radical (unpaired) electrons. The third-order valence-electron chi connectivity index (χ3n) is 2.27. The van der Waals surface area contributed by atoms with E-state index in [2.05, 4.69) is 9.97 Å². The third kappa shape index (κ3) is 3.67. The molecular formula is C13H12N2O4. The molecule has 0 aliphatic rings. The molecule has 1 aromatic heterocycles. The fourth-order valence-corrected chi connectivity index (χ4v) is 1.42. The molecule has 98 valence electrons. The number of hydrogen-bond acceptors (Lipinski definition) is 5. The molecule has 0 atom stereocenters. The number of methoxy groups -OCH3 is 1. The standard InChI is InChI=1S/C13H12N2O4/c1-18-9-3-2-4-10(5-9)19-11-7-14-12(15-8-11)6-13(16)17/h2-5,7-8H,6H2,1H3,(H,16,17). The lowest BCUT2D eigenvalue weighted by Crippen LogP contribution is -2.04. The Morgan fingerprint density at radius 2 is 1.89 bits per heavy atom. The predicted octanol–water partition coefficient (Wildman–Crippen LogP) is 1.90. The van der Waals surface area contributed by atoms with Crippen LogP contribution in [0.25, 0.3) is 0 Å². The molecule has 1 heterocycles. The summed E-state index contributed by atoms with van der Waals surface area (Å²) in [6, 6.07) is 7.10. The van der Waals surface area contributed by atoms with Gasteiger partial charge in [0.05, 0.1) is 19.5 Å². The Hall–Kier alpha value is -2.63. The van der Waals surface area contributed by atoms with E-state index in [0.717, 1.165) is 0 Å². The van der Waals surface area contributed by atoms with Gasteiger partial charge in [0.2, 0.25) is 0 Å². The monoisotopic (exact) mass is 260 g/mol. The molecule has 6 nitrogen and oxygen atoms in total. The van der Waals surface area contributed by atoms with Crippen molar-refractivity contribution in [1.82, 2.24) is 9.97 Å². The summed E-state index contributed by atoms with van der Waals surface area (Å²) < 4.78 is 10.6. The van der Waals surface area contributed by atoms with Crippen molar-refractivity contribution < 1.29 is 19.4 Å². The minimum Gasteiger partial charge on any atom is -0.497 e. The molecular weight excluding hydrogens is 248 g/mol. The number of aromatic nitrogens is 2. The quantitative estimate of drug-likeness (QED) is 0.884. The van der Waals surface area contributed by atoms with Crippen LogP contribution in [0, 0.1) is 0 Å². The van der Waals surface area contributed by atoms with Gasteiger partial charge in [-0.2, -0.15) is 0 Å². The van der Waals surface area contributed by atoms with Gasteiger partial charge in [-0.05, 0) is 12.1 Å². The SMILES string of the molecule is COc1cccc(Oc2cnc(CC(=O)O)nc2)c1. The van der Waals surface area contributed by atoms with Crippen molar-refractivity contribution >= 4 is 5.97 Å². The Morgan fingerprint density at radius 3 is 2.53 bits per heavy atom. The summed E-state index contributed by atoms with van der Waals surface area (Å²) in [6.07, 6.45) is 2.66. The Balaban J connectivity index is 2.08. The maximum atomic E-state index is 10.5. The number of rotatable bonds is 5. The number of carboxylic acids is 1. The van der Waals surface area contributed by atoms with E-state index in [1.54, 1.807) is 31.4 Å². The molecule has 0 aliphatic heterocycles. The average Bonchev–Trinajstić information content (AvgIpc) is 2.41. The van der Waals surface area contributed by atoms with Crippen LogP contribution in [-0.4, -0.2) is 28.2 Å². The van der Waals surface area contributed by atoms with Gasteiger partial charge in [0, 0.05) is 6.07 Å². The van der Waals surface area contributed by atoms with E-state index in [0.29, 0.717) is 17.2 Å². The van der Waals surface area contributed by atoms with Crippen molar-refractivity contribution in [2.24, 2.45) is 0 Å². The van der Waals surface area contributed by atoms with Crippen LogP contribution < -0.4 is 9.47 Å². The molecule has 1 N–H and O–H groups in total. The topological polar surface area (TPSA) is 81.5 Å².